The maximum Gasteiger partial charge on any atom is 0.225 e. The average Bonchev–Trinajstić information content (AvgIpc) is 2.67. The van der Waals surface area contributed by atoms with Gasteiger partial charge in [0.25, 0.3) is 0 Å². The third kappa shape index (κ3) is 5.67. The van der Waals surface area contributed by atoms with Crippen molar-refractivity contribution in [1.82, 2.24) is 5.32 Å². The molecule has 2 N–H and O–H groups in total. The highest BCUT2D eigenvalue weighted by Crippen LogP contribution is 2.49. The number of benzene rings is 2. The van der Waals surface area contributed by atoms with E-state index < -0.39 is 13.2 Å². The van der Waals surface area contributed by atoms with Crippen molar-refractivity contribution in [2.75, 3.05) is 0 Å². The van der Waals surface area contributed by atoms with Crippen LogP contribution >= 0.6 is 7.37 Å². The van der Waals surface area contributed by atoms with E-state index in [1.807, 2.05) is 72.8 Å². The van der Waals surface area contributed by atoms with E-state index in [0.29, 0.717) is 6.04 Å². The third-order valence-electron chi connectivity index (χ3n) is 4.97. The molecular weight excluding hydrogens is 341 g/mol. The third-order valence-corrected chi connectivity index (χ3v) is 6.98. The molecule has 0 saturated heterocycles. The second kappa shape index (κ2) is 9.32. The van der Waals surface area contributed by atoms with E-state index in [0.717, 1.165) is 24.0 Å². The Morgan fingerprint density at radius 1 is 1.00 bits per heavy atom. The fourth-order valence-electron chi connectivity index (χ4n) is 3.53. The van der Waals surface area contributed by atoms with E-state index in [2.05, 4.69) is 5.32 Å². The second-order valence-corrected chi connectivity index (χ2v) is 9.50. The molecule has 1 saturated carbocycles. The minimum atomic E-state index is -3.43. The van der Waals surface area contributed by atoms with Crippen LogP contribution in [0.15, 0.2) is 66.7 Å². The molecule has 0 aliphatic heterocycles. The van der Waals surface area contributed by atoms with Crippen LogP contribution in [0.3, 0.4) is 0 Å². The van der Waals surface area contributed by atoms with Gasteiger partial charge in [0.2, 0.25) is 7.37 Å². The van der Waals surface area contributed by atoms with Gasteiger partial charge in [0.1, 0.15) is 5.78 Å². The predicted molar refractivity (Wildman–Crippen MR) is 109 cm³/mol. The topological polar surface area (TPSA) is 49.3 Å². The monoisotopic (exact) mass is 369 g/mol. The Morgan fingerprint density at radius 2 is 1.62 bits per heavy atom. The molecule has 0 amide bonds. The number of rotatable bonds is 7. The number of hydrogen-bond donors (Lipinski definition) is 2. The second-order valence-electron chi connectivity index (χ2n) is 7.12. The molecule has 2 atom stereocenters. The first-order chi connectivity index (χ1) is 12.6. The van der Waals surface area contributed by atoms with E-state index in [1.54, 1.807) is 0 Å². The minimum Gasteiger partial charge on any atom is -0.343 e. The molecule has 2 aromatic carbocycles. The first-order valence-corrected chi connectivity index (χ1v) is 11.4. The van der Waals surface area contributed by atoms with Crippen LogP contribution < -0.4 is 5.32 Å². The van der Waals surface area contributed by atoms with Gasteiger partial charge in [-0.05, 0) is 24.0 Å². The van der Waals surface area contributed by atoms with Crippen molar-refractivity contribution in [3.05, 3.63) is 77.9 Å². The molecule has 0 radical (unpaired) electrons. The van der Waals surface area contributed by atoms with Gasteiger partial charge in [-0.3, -0.25) is 9.88 Å². The molecule has 0 spiro atoms. The van der Waals surface area contributed by atoms with Crippen LogP contribution in [0.5, 0.6) is 0 Å². The zero-order valence-corrected chi connectivity index (χ0v) is 16.0. The summed E-state index contributed by atoms with van der Waals surface area (Å²) in [4.78, 5) is 10.9. The molecule has 1 fully saturated rings. The predicted octanol–water partition coefficient (Wildman–Crippen LogP) is 5.42. The molecule has 3 rings (SSSR count). The highest BCUT2D eigenvalue weighted by Gasteiger charge is 2.31. The van der Waals surface area contributed by atoms with Crippen molar-refractivity contribution in [2.45, 2.75) is 50.1 Å². The summed E-state index contributed by atoms with van der Waals surface area (Å²) in [5.41, 5.74) is 1.95. The Bertz CT molecular complexity index is 739. The summed E-state index contributed by atoms with van der Waals surface area (Å²) in [5, 5.41) is 3.49. The van der Waals surface area contributed by atoms with Crippen molar-refractivity contribution in [2.24, 2.45) is 0 Å². The molecule has 3 nitrogen and oxygen atoms in total. The van der Waals surface area contributed by atoms with Crippen molar-refractivity contribution in [3.63, 3.8) is 0 Å². The van der Waals surface area contributed by atoms with Gasteiger partial charge in [-0.15, -0.1) is 0 Å². The normalized spacial score (nSPS) is 19.3. The zero-order chi connectivity index (χ0) is 18.2. The molecule has 0 aromatic heterocycles. The number of nitrogens with one attached hydrogen (secondary N) is 1. The van der Waals surface area contributed by atoms with Crippen molar-refractivity contribution in [3.8, 4) is 0 Å². The maximum atomic E-state index is 13.2. The molecular formula is C22H28NO2P. The molecule has 4 heteroatoms. The highest BCUT2D eigenvalue weighted by atomic mass is 31.2. The lowest BCUT2D eigenvalue weighted by Crippen LogP contribution is -2.38. The van der Waals surface area contributed by atoms with Crippen LogP contribution in [0.25, 0.3) is 6.08 Å². The molecule has 0 heterocycles. The Labute approximate surface area is 156 Å². The van der Waals surface area contributed by atoms with E-state index in [-0.39, 0.29) is 6.16 Å². The van der Waals surface area contributed by atoms with Gasteiger partial charge in [-0.25, -0.2) is 0 Å². The summed E-state index contributed by atoms with van der Waals surface area (Å²) < 4.78 is 13.2. The molecule has 1 aliphatic carbocycles. The molecule has 0 bridgehead atoms. The van der Waals surface area contributed by atoms with E-state index in [9.17, 15) is 9.46 Å². The van der Waals surface area contributed by atoms with Gasteiger partial charge in [-0.1, -0.05) is 92.1 Å². The Balaban J connectivity index is 1.78. The van der Waals surface area contributed by atoms with E-state index in [4.69, 9.17) is 0 Å². The minimum absolute atomic E-state index is 0.192. The van der Waals surface area contributed by atoms with Crippen LogP contribution in [-0.4, -0.2) is 16.7 Å². The summed E-state index contributed by atoms with van der Waals surface area (Å²) in [6.45, 7) is 0. The Hall–Kier alpha value is -1.67. The smallest absolute Gasteiger partial charge is 0.225 e. The van der Waals surface area contributed by atoms with Crippen molar-refractivity contribution < 1.29 is 9.46 Å². The number of hydrogen-bond acceptors (Lipinski definition) is 2. The molecule has 138 valence electrons. The summed E-state index contributed by atoms with van der Waals surface area (Å²) in [5.74, 6) is -0.522. The van der Waals surface area contributed by atoms with Crippen LogP contribution in [0.1, 0.15) is 43.2 Å². The standard InChI is InChI=1S/C22H28NO2P/c24-26(25,18-20-12-6-2-7-13-20)22(23-21-14-8-3-9-15-21)17-16-19-10-4-1-5-11-19/h1-2,4-7,10-13,16-17,21-23H,3,8-9,14-15,18H2,(H,24,25)/b17-16+. The fourth-order valence-corrected chi connectivity index (χ4v) is 5.26. The lowest BCUT2D eigenvalue weighted by Gasteiger charge is -2.29. The Kier molecular flexibility index (Phi) is 6.85. The lowest BCUT2D eigenvalue weighted by atomic mass is 9.95. The maximum absolute atomic E-state index is 13.2. The highest BCUT2D eigenvalue weighted by molar-refractivity contribution is 7.58. The van der Waals surface area contributed by atoms with Gasteiger partial charge in [0.05, 0.1) is 6.16 Å². The quantitative estimate of drug-likeness (QED) is 0.641. The molecule has 26 heavy (non-hydrogen) atoms. The summed E-state index contributed by atoms with van der Waals surface area (Å²) in [6.07, 6.45) is 9.85. The van der Waals surface area contributed by atoms with Gasteiger partial charge in [0, 0.05) is 6.04 Å². The van der Waals surface area contributed by atoms with Gasteiger partial charge < -0.3 is 4.89 Å². The van der Waals surface area contributed by atoms with Crippen LogP contribution in [0.2, 0.25) is 0 Å². The van der Waals surface area contributed by atoms with Crippen molar-refractivity contribution >= 4 is 13.4 Å². The lowest BCUT2D eigenvalue weighted by molar-refractivity contribution is 0.363. The average molecular weight is 369 g/mol. The Morgan fingerprint density at radius 3 is 2.27 bits per heavy atom. The summed E-state index contributed by atoms with van der Waals surface area (Å²) >= 11 is 0. The van der Waals surface area contributed by atoms with Crippen molar-refractivity contribution in [1.29, 1.82) is 0 Å². The van der Waals surface area contributed by atoms with Crippen LogP contribution in [-0.2, 0) is 10.7 Å². The SMILES string of the molecule is O=P(O)(Cc1ccccc1)C(/C=C/c1ccccc1)NC1CCCCC1. The van der Waals surface area contributed by atoms with Crippen LogP contribution in [0, 0.1) is 0 Å². The molecule has 1 aliphatic rings. The molecule has 2 unspecified atom stereocenters. The zero-order valence-electron chi connectivity index (χ0n) is 15.1. The van der Waals surface area contributed by atoms with Gasteiger partial charge in [0.15, 0.2) is 0 Å². The molecule has 2 aromatic rings. The fraction of sp³-hybridized carbons (Fsp3) is 0.364. The first kappa shape index (κ1) is 19.1. The van der Waals surface area contributed by atoms with Gasteiger partial charge >= 0.3 is 0 Å². The first-order valence-electron chi connectivity index (χ1n) is 9.48. The largest absolute Gasteiger partial charge is 0.343 e. The summed E-state index contributed by atoms with van der Waals surface area (Å²) in [6, 6.07) is 19.9. The van der Waals surface area contributed by atoms with E-state index in [1.165, 1.54) is 19.3 Å². The van der Waals surface area contributed by atoms with Crippen LogP contribution in [0.4, 0.5) is 0 Å². The van der Waals surface area contributed by atoms with E-state index >= 15 is 0 Å². The summed E-state index contributed by atoms with van der Waals surface area (Å²) in [7, 11) is -3.43. The van der Waals surface area contributed by atoms with Gasteiger partial charge in [-0.2, -0.15) is 0 Å².